The van der Waals surface area contributed by atoms with Crippen LogP contribution in [-0.2, 0) is 10.0 Å². The Morgan fingerprint density at radius 3 is 2.79 bits per heavy atom. The fourth-order valence-electron chi connectivity index (χ4n) is 3.42. The van der Waals surface area contributed by atoms with Gasteiger partial charge in [-0.05, 0) is 43.7 Å². The summed E-state index contributed by atoms with van der Waals surface area (Å²) in [4.78, 5) is 4.80. The van der Waals surface area contributed by atoms with E-state index in [1.807, 2.05) is 25.1 Å². The fraction of sp³-hybridized carbons (Fsp3) is 0.278. The molecule has 24 heavy (non-hydrogen) atoms. The van der Waals surface area contributed by atoms with Crippen LogP contribution in [0.2, 0.25) is 0 Å². The number of rotatable bonds is 3. The third-order valence-corrected chi connectivity index (χ3v) is 6.52. The number of nitrogens with zero attached hydrogens (tertiary/aromatic N) is 2. The highest BCUT2D eigenvalue weighted by atomic mass is 32.2. The topological polar surface area (TPSA) is 64.0 Å². The molecule has 6 heteroatoms. The first kappa shape index (κ1) is 15.4. The molecule has 1 saturated heterocycles. The highest BCUT2D eigenvalue weighted by Gasteiger charge is 2.27. The molecule has 2 aromatic heterocycles. The minimum atomic E-state index is -3.65. The summed E-state index contributed by atoms with van der Waals surface area (Å²) in [7, 11) is -3.65. The molecular weight excluding hydrogens is 322 g/mol. The molecular formula is C18H19N3O2S. The lowest BCUT2D eigenvalue weighted by Gasteiger charge is -2.09. The van der Waals surface area contributed by atoms with E-state index < -0.39 is 10.0 Å². The second-order valence-corrected chi connectivity index (χ2v) is 8.00. The molecule has 1 aliphatic rings. The number of nitrogens with one attached hydrogen (secondary N) is 1. The van der Waals surface area contributed by atoms with Crippen LogP contribution in [0.5, 0.6) is 0 Å². The van der Waals surface area contributed by atoms with E-state index in [9.17, 15) is 8.42 Å². The van der Waals surface area contributed by atoms with E-state index in [0.717, 1.165) is 36.2 Å². The van der Waals surface area contributed by atoms with Gasteiger partial charge in [0, 0.05) is 30.4 Å². The molecule has 0 radical (unpaired) electrons. The number of hydrogen-bond donors (Lipinski definition) is 1. The number of fused-ring (bicyclic) bond motifs is 1. The van der Waals surface area contributed by atoms with E-state index in [-0.39, 0.29) is 0 Å². The molecule has 1 atom stereocenters. The fourth-order valence-corrected chi connectivity index (χ4v) is 5.02. The molecule has 0 aliphatic carbocycles. The Kier molecular flexibility index (Phi) is 3.66. The molecule has 3 aromatic rings. The van der Waals surface area contributed by atoms with Gasteiger partial charge in [-0.3, -0.25) is 4.98 Å². The maximum Gasteiger partial charge on any atom is 0.268 e. The first-order chi connectivity index (χ1) is 11.6. The van der Waals surface area contributed by atoms with E-state index in [1.165, 1.54) is 3.97 Å². The Hall–Kier alpha value is -2.18. The van der Waals surface area contributed by atoms with E-state index in [1.54, 1.807) is 30.6 Å². The van der Waals surface area contributed by atoms with Gasteiger partial charge in [-0.25, -0.2) is 12.4 Å². The van der Waals surface area contributed by atoms with Crippen LogP contribution in [0.4, 0.5) is 0 Å². The minimum Gasteiger partial charge on any atom is -0.316 e. The summed E-state index contributed by atoms with van der Waals surface area (Å²) in [6.45, 7) is 3.63. The number of hydrogen-bond acceptors (Lipinski definition) is 4. The molecule has 0 amide bonds. The second-order valence-electron chi connectivity index (χ2n) is 6.21. The highest BCUT2D eigenvalue weighted by molar-refractivity contribution is 7.90. The smallest absolute Gasteiger partial charge is 0.268 e. The molecule has 5 nitrogen and oxygen atoms in total. The molecule has 4 rings (SSSR count). The average molecular weight is 341 g/mol. The Labute approximate surface area is 141 Å². The molecule has 1 fully saturated rings. The summed E-state index contributed by atoms with van der Waals surface area (Å²) in [6, 6.07) is 10.7. The summed E-state index contributed by atoms with van der Waals surface area (Å²) < 4.78 is 27.8. The lowest BCUT2D eigenvalue weighted by Crippen LogP contribution is -2.13. The summed E-state index contributed by atoms with van der Waals surface area (Å²) >= 11 is 0. The summed E-state index contributed by atoms with van der Waals surface area (Å²) in [5.41, 5.74) is 3.17. The van der Waals surface area contributed by atoms with Crippen LogP contribution in [0.25, 0.3) is 11.0 Å². The zero-order valence-electron chi connectivity index (χ0n) is 13.4. The van der Waals surface area contributed by atoms with E-state index in [0.29, 0.717) is 16.3 Å². The number of benzene rings is 1. The van der Waals surface area contributed by atoms with Crippen LogP contribution in [0, 0.1) is 6.92 Å². The second kappa shape index (κ2) is 5.72. The zero-order valence-corrected chi connectivity index (χ0v) is 14.3. The van der Waals surface area contributed by atoms with Crippen molar-refractivity contribution in [3.05, 3.63) is 59.9 Å². The standard InChI is InChI=1S/C18H19N3O2S/c1-13-5-2-3-7-17(13)24(22,23)21-12-15(14-8-10-19-11-14)18-16(21)6-4-9-20-18/h2-7,9,12,14,19H,8,10-11H2,1H3/t14-/m0/s1. The zero-order chi connectivity index (χ0) is 16.7. The third-order valence-electron chi connectivity index (χ3n) is 4.68. The Bertz CT molecular complexity index is 1000. The van der Waals surface area contributed by atoms with Gasteiger partial charge in [0.15, 0.2) is 0 Å². The van der Waals surface area contributed by atoms with E-state index in [2.05, 4.69) is 10.3 Å². The van der Waals surface area contributed by atoms with Crippen molar-refractivity contribution in [2.75, 3.05) is 13.1 Å². The Morgan fingerprint density at radius 1 is 1.21 bits per heavy atom. The van der Waals surface area contributed by atoms with Crippen LogP contribution < -0.4 is 5.32 Å². The Balaban J connectivity index is 1.96. The molecule has 0 saturated carbocycles. The van der Waals surface area contributed by atoms with Gasteiger partial charge in [-0.15, -0.1) is 0 Å². The maximum absolute atomic E-state index is 13.2. The van der Waals surface area contributed by atoms with Crippen LogP contribution in [0.3, 0.4) is 0 Å². The Morgan fingerprint density at radius 2 is 2.04 bits per heavy atom. The largest absolute Gasteiger partial charge is 0.316 e. The van der Waals surface area contributed by atoms with Crippen LogP contribution >= 0.6 is 0 Å². The van der Waals surface area contributed by atoms with Gasteiger partial charge in [0.25, 0.3) is 10.0 Å². The highest BCUT2D eigenvalue weighted by Crippen LogP contribution is 2.32. The van der Waals surface area contributed by atoms with Crippen molar-refractivity contribution in [2.24, 2.45) is 0 Å². The average Bonchev–Trinajstić information content (AvgIpc) is 3.22. The third kappa shape index (κ3) is 2.34. The predicted molar refractivity (Wildman–Crippen MR) is 93.7 cm³/mol. The minimum absolute atomic E-state index is 0.302. The quantitative estimate of drug-likeness (QED) is 0.795. The van der Waals surface area contributed by atoms with Crippen molar-refractivity contribution in [2.45, 2.75) is 24.2 Å². The van der Waals surface area contributed by atoms with Gasteiger partial charge in [0.05, 0.1) is 15.9 Å². The van der Waals surface area contributed by atoms with Crippen LogP contribution in [0.1, 0.15) is 23.5 Å². The van der Waals surface area contributed by atoms with Crippen molar-refractivity contribution in [1.82, 2.24) is 14.3 Å². The summed E-state index contributed by atoms with van der Waals surface area (Å²) in [5, 5.41) is 3.34. The van der Waals surface area contributed by atoms with Gasteiger partial charge in [-0.2, -0.15) is 0 Å². The molecule has 0 bridgehead atoms. The summed E-state index contributed by atoms with van der Waals surface area (Å²) in [6.07, 6.45) is 4.48. The number of aromatic nitrogens is 2. The van der Waals surface area contributed by atoms with Gasteiger partial charge in [0.1, 0.15) is 0 Å². The van der Waals surface area contributed by atoms with Gasteiger partial charge in [0.2, 0.25) is 0 Å². The normalized spacial score (nSPS) is 18.3. The molecule has 124 valence electrons. The van der Waals surface area contributed by atoms with Gasteiger partial charge < -0.3 is 5.32 Å². The SMILES string of the molecule is Cc1ccccc1S(=O)(=O)n1cc([C@H]2CCNC2)c2ncccc21. The van der Waals surface area contributed by atoms with Crippen molar-refractivity contribution >= 4 is 21.1 Å². The van der Waals surface area contributed by atoms with E-state index >= 15 is 0 Å². The van der Waals surface area contributed by atoms with Crippen molar-refractivity contribution in [3.63, 3.8) is 0 Å². The van der Waals surface area contributed by atoms with Crippen LogP contribution in [-0.4, -0.2) is 30.5 Å². The van der Waals surface area contributed by atoms with Crippen molar-refractivity contribution in [3.8, 4) is 0 Å². The monoisotopic (exact) mass is 341 g/mol. The van der Waals surface area contributed by atoms with Crippen LogP contribution in [0.15, 0.2) is 53.7 Å². The molecule has 0 unspecified atom stereocenters. The van der Waals surface area contributed by atoms with Gasteiger partial charge in [-0.1, -0.05) is 18.2 Å². The predicted octanol–water partition coefficient (Wildman–Crippen LogP) is 2.66. The lowest BCUT2D eigenvalue weighted by molar-refractivity contribution is 0.588. The van der Waals surface area contributed by atoms with E-state index in [4.69, 9.17) is 0 Å². The maximum atomic E-state index is 13.2. The first-order valence-corrected chi connectivity index (χ1v) is 9.51. The van der Waals surface area contributed by atoms with Crippen molar-refractivity contribution < 1.29 is 8.42 Å². The number of aryl methyl sites for hydroxylation is 1. The molecule has 3 heterocycles. The molecule has 1 N–H and O–H groups in total. The van der Waals surface area contributed by atoms with Crippen molar-refractivity contribution in [1.29, 1.82) is 0 Å². The molecule has 1 aliphatic heterocycles. The lowest BCUT2D eigenvalue weighted by atomic mass is 10.0. The first-order valence-electron chi connectivity index (χ1n) is 8.07. The number of pyridine rings is 1. The van der Waals surface area contributed by atoms with Gasteiger partial charge >= 0.3 is 0 Å². The summed E-state index contributed by atoms with van der Waals surface area (Å²) in [5.74, 6) is 0.302. The molecule has 1 aromatic carbocycles. The molecule has 0 spiro atoms.